The van der Waals surface area contributed by atoms with Gasteiger partial charge in [-0.1, -0.05) is 0 Å². The Kier molecular flexibility index (Phi) is 6.15. The van der Waals surface area contributed by atoms with E-state index in [2.05, 4.69) is 12.2 Å². The number of rotatable bonds is 6. The Hall–Kier alpha value is -0.120. The molecule has 2 atom stereocenters. The van der Waals surface area contributed by atoms with Gasteiger partial charge in [0.1, 0.15) is 0 Å². The Morgan fingerprint density at radius 2 is 2.29 bits per heavy atom. The summed E-state index contributed by atoms with van der Waals surface area (Å²) in [5.74, 6) is 0. The van der Waals surface area contributed by atoms with Crippen LogP contribution in [0.2, 0.25) is 0 Å². The van der Waals surface area contributed by atoms with E-state index in [0.29, 0.717) is 12.1 Å². The topological polar surface area (TPSA) is 30.5 Å². The first kappa shape index (κ1) is 12.0. The first-order valence-corrected chi connectivity index (χ1v) is 5.67. The SMILES string of the molecule is COCCCCNC1CCOC(C)C1. The lowest BCUT2D eigenvalue weighted by atomic mass is 10.0. The summed E-state index contributed by atoms with van der Waals surface area (Å²) >= 11 is 0. The minimum Gasteiger partial charge on any atom is -0.385 e. The monoisotopic (exact) mass is 201 g/mol. The van der Waals surface area contributed by atoms with Crippen molar-refractivity contribution in [1.29, 1.82) is 0 Å². The van der Waals surface area contributed by atoms with E-state index in [4.69, 9.17) is 9.47 Å². The summed E-state index contributed by atoms with van der Waals surface area (Å²) < 4.78 is 10.5. The van der Waals surface area contributed by atoms with E-state index in [0.717, 1.165) is 39.0 Å². The lowest BCUT2D eigenvalue weighted by Gasteiger charge is -2.28. The van der Waals surface area contributed by atoms with Gasteiger partial charge in [-0.05, 0) is 39.2 Å². The first-order chi connectivity index (χ1) is 6.83. The van der Waals surface area contributed by atoms with Gasteiger partial charge in [0.15, 0.2) is 0 Å². The van der Waals surface area contributed by atoms with Crippen LogP contribution in [0.4, 0.5) is 0 Å². The van der Waals surface area contributed by atoms with Gasteiger partial charge < -0.3 is 14.8 Å². The van der Waals surface area contributed by atoms with E-state index >= 15 is 0 Å². The van der Waals surface area contributed by atoms with E-state index in [-0.39, 0.29) is 0 Å². The van der Waals surface area contributed by atoms with Crippen LogP contribution in [0, 0.1) is 0 Å². The van der Waals surface area contributed by atoms with Gasteiger partial charge in [0, 0.05) is 26.4 Å². The quantitative estimate of drug-likeness (QED) is 0.662. The Bertz CT molecular complexity index is 141. The fourth-order valence-corrected chi connectivity index (χ4v) is 1.86. The van der Waals surface area contributed by atoms with E-state index in [9.17, 15) is 0 Å². The Balaban J connectivity index is 1.95. The molecule has 0 saturated carbocycles. The molecule has 14 heavy (non-hydrogen) atoms. The standard InChI is InChI=1S/C11H23NO2/c1-10-9-11(5-8-14-10)12-6-3-4-7-13-2/h10-12H,3-9H2,1-2H3. The summed E-state index contributed by atoms with van der Waals surface area (Å²) in [6, 6.07) is 0.668. The van der Waals surface area contributed by atoms with Crippen LogP contribution < -0.4 is 5.32 Å². The maximum Gasteiger partial charge on any atom is 0.0561 e. The van der Waals surface area contributed by atoms with Crippen LogP contribution in [0.5, 0.6) is 0 Å². The second kappa shape index (κ2) is 7.21. The molecular weight excluding hydrogens is 178 g/mol. The summed E-state index contributed by atoms with van der Waals surface area (Å²) in [7, 11) is 1.76. The number of methoxy groups -OCH3 is 1. The van der Waals surface area contributed by atoms with Crippen LogP contribution in [-0.4, -0.2) is 39.0 Å². The van der Waals surface area contributed by atoms with E-state index in [1.165, 1.54) is 6.42 Å². The highest BCUT2D eigenvalue weighted by atomic mass is 16.5. The highest BCUT2D eigenvalue weighted by Gasteiger charge is 2.17. The van der Waals surface area contributed by atoms with Crippen LogP contribution >= 0.6 is 0 Å². The zero-order chi connectivity index (χ0) is 10.2. The van der Waals surface area contributed by atoms with Gasteiger partial charge in [0.05, 0.1) is 6.10 Å². The molecule has 1 aliphatic rings. The molecule has 0 aromatic heterocycles. The van der Waals surface area contributed by atoms with E-state index < -0.39 is 0 Å². The summed E-state index contributed by atoms with van der Waals surface area (Å²) in [6.07, 6.45) is 5.11. The van der Waals surface area contributed by atoms with Crippen LogP contribution in [-0.2, 0) is 9.47 Å². The van der Waals surface area contributed by atoms with Crippen LogP contribution in [0.25, 0.3) is 0 Å². The molecule has 0 radical (unpaired) electrons. The number of hydrogen-bond donors (Lipinski definition) is 1. The molecular formula is C11H23NO2. The van der Waals surface area contributed by atoms with Gasteiger partial charge in [0.25, 0.3) is 0 Å². The van der Waals surface area contributed by atoms with Crippen molar-refractivity contribution in [1.82, 2.24) is 5.32 Å². The van der Waals surface area contributed by atoms with Crippen molar-refractivity contribution in [2.75, 3.05) is 26.9 Å². The molecule has 1 fully saturated rings. The summed E-state index contributed by atoms with van der Waals surface area (Å²) in [6.45, 7) is 5.06. The molecule has 2 unspecified atom stereocenters. The van der Waals surface area contributed by atoms with Crippen molar-refractivity contribution in [3.8, 4) is 0 Å². The van der Waals surface area contributed by atoms with Gasteiger partial charge in [-0.25, -0.2) is 0 Å². The summed E-state index contributed by atoms with van der Waals surface area (Å²) in [4.78, 5) is 0. The Morgan fingerprint density at radius 3 is 3.00 bits per heavy atom. The fourth-order valence-electron chi connectivity index (χ4n) is 1.86. The Labute approximate surface area is 87.2 Å². The third kappa shape index (κ3) is 4.94. The predicted octanol–water partition coefficient (Wildman–Crippen LogP) is 1.57. The van der Waals surface area contributed by atoms with Gasteiger partial charge in [-0.2, -0.15) is 0 Å². The third-order valence-electron chi connectivity index (χ3n) is 2.69. The number of unbranched alkanes of at least 4 members (excludes halogenated alkanes) is 1. The molecule has 0 aromatic rings. The highest BCUT2D eigenvalue weighted by Crippen LogP contribution is 2.12. The molecule has 0 spiro atoms. The fraction of sp³-hybridized carbons (Fsp3) is 1.00. The second-order valence-corrected chi connectivity index (χ2v) is 4.06. The lowest BCUT2D eigenvalue weighted by Crippen LogP contribution is -2.38. The lowest BCUT2D eigenvalue weighted by molar-refractivity contribution is 0.0133. The molecule has 3 nitrogen and oxygen atoms in total. The van der Waals surface area contributed by atoms with Gasteiger partial charge in [-0.3, -0.25) is 0 Å². The van der Waals surface area contributed by atoms with Gasteiger partial charge >= 0.3 is 0 Å². The van der Waals surface area contributed by atoms with E-state index in [1.54, 1.807) is 7.11 Å². The van der Waals surface area contributed by atoms with Crippen LogP contribution in [0.1, 0.15) is 32.6 Å². The van der Waals surface area contributed by atoms with Gasteiger partial charge in [-0.15, -0.1) is 0 Å². The molecule has 3 heteroatoms. The molecule has 1 aliphatic heterocycles. The molecule has 1 saturated heterocycles. The minimum absolute atomic E-state index is 0.431. The van der Waals surface area contributed by atoms with Crippen molar-refractivity contribution in [3.63, 3.8) is 0 Å². The third-order valence-corrected chi connectivity index (χ3v) is 2.69. The molecule has 0 aromatic carbocycles. The molecule has 84 valence electrons. The molecule has 0 bridgehead atoms. The maximum absolute atomic E-state index is 5.49. The number of ether oxygens (including phenoxy) is 2. The average molecular weight is 201 g/mol. The second-order valence-electron chi connectivity index (χ2n) is 4.06. The predicted molar refractivity (Wildman–Crippen MR) is 57.5 cm³/mol. The number of nitrogens with one attached hydrogen (secondary N) is 1. The molecule has 0 aliphatic carbocycles. The minimum atomic E-state index is 0.431. The first-order valence-electron chi connectivity index (χ1n) is 5.67. The van der Waals surface area contributed by atoms with Crippen molar-refractivity contribution < 1.29 is 9.47 Å². The smallest absolute Gasteiger partial charge is 0.0561 e. The number of hydrogen-bond acceptors (Lipinski definition) is 3. The molecule has 0 amide bonds. The van der Waals surface area contributed by atoms with Crippen LogP contribution in [0.15, 0.2) is 0 Å². The van der Waals surface area contributed by atoms with Crippen molar-refractivity contribution >= 4 is 0 Å². The van der Waals surface area contributed by atoms with Crippen molar-refractivity contribution in [2.24, 2.45) is 0 Å². The zero-order valence-electron chi connectivity index (χ0n) is 9.42. The molecule has 1 heterocycles. The molecule has 1 rings (SSSR count). The largest absolute Gasteiger partial charge is 0.385 e. The molecule has 1 N–H and O–H groups in total. The average Bonchev–Trinajstić information content (AvgIpc) is 2.18. The summed E-state index contributed by atoms with van der Waals surface area (Å²) in [5.41, 5.74) is 0. The highest BCUT2D eigenvalue weighted by molar-refractivity contribution is 4.74. The summed E-state index contributed by atoms with van der Waals surface area (Å²) in [5, 5.41) is 3.58. The van der Waals surface area contributed by atoms with Crippen LogP contribution in [0.3, 0.4) is 0 Å². The van der Waals surface area contributed by atoms with Gasteiger partial charge in [0.2, 0.25) is 0 Å². The maximum atomic E-state index is 5.49. The van der Waals surface area contributed by atoms with Crippen molar-refractivity contribution in [2.45, 2.75) is 44.8 Å². The zero-order valence-corrected chi connectivity index (χ0v) is 9.42. The van der Waals surface area contributed by atoms with Crippen molar-refractivity contribution in [3.05, 3.63) is 0 Å². The normalized spacial score (nSPS) is 27.9. The van der Waals surface area contributed by atoms with E-state index in [1.807, 2.05) is 0 Å². The Morgan fingerprint density at radius 1 is 1.43 bits per heavy atom.